The Morgan fingerprint density at radius 2 is 2.11 bits per heavy atom. The van der Waals surface area contributed by atoms with Gasteiger partial charge in [0.25, 0.3) is 5.91 Å². The van der Waals surface area contributed by atoms with Gasteiger partial charge in [-0.1, -0.05) is 25.1 Å². The molecular formula is C14H22N2O2. The third kappa shape index (κ3) is 4.37. The van der Waals surface area contributed by atoms with Crippen LogP contribution in [0.15, 0.2) is 24.3 Å². The molecule has 1 rings (SSSR count). The number of benzene rings is 1. The van der Waals surface area contributed by atoms with Gasteiger partial charge in [-0.15, -0.1) is 0 Å². The molecule has 0 aromatic heterocycles. The number of aryl methyl sites for hydroxylation is 1. The molecule has 0 aliphatic heterocycles. The lowest BCUT2D eigenvalue weighted by Gasteiger charge is -2.17. The highest BCUT2D eigenvalue weighted by Gasteiger charge is 2.09. The van der Waals surface area contributed by atoms with Gasteiger partial charge in [-0.2, -0.15) is 0 Å². The van der Waals surface area contributed by atoms with E-state index in [2.05, 4.69) is 6.92 Å². The first kappa shape index (κ1) is 14.5. The minimum atomic E-state index is -0.0191. The fourth-order valence-electron chi connectivity index (χ4n) is 1.64. The van der Waals surface area contributed by atoms with Crippen molar-refractivity contribution < 1.29 is 9.53 Å². The van der Waals surface area contributed by atoms with Crippen LogP contribution in [0.5, 0.6) is 5.75 Å². The van der Waals surface area contributed by atoms with Gasteiger partial charge in [0.1, 0.15) is 5.75 Å². The predicted octanol–water partition coefficient (Wildman–Crippen LogP) is 1.43. The zero-order chi connectivity index (χ0) is 13.4. The van der Waals surface area contributed by atoms with Crippen molar-refractivity contribution in [3.05, 3.63) is 29.8 Å². The van der Waals surface area contributed by atoms with Gasteiger partial charge in [-0.3, -0.25) is 4.79 Å². The van der Waals surface area contributed by atoms with E-state index < -0.39 is 0 Å². The van der Waals surface area contributed by atoms with Crippen LogP contribution in [0.3, 0.4) is 0 Å². The molecule has 0 atom stereocenters. The molecular weight excluding hydrogens is 228 g/mol. The molecule has 0 radical (unpaired) electrons. The van der Waals surface area contributed by atoms with Crippen molar-refractivity contribution in [2.24, 2.45) is 5.73 Å². The third-order valence-electron chi connectivity index (χ3n) is 2.83. The SMILES string of the molecule is CCc1ccccc1OCC(=O)N(C)CCCN. The summed E-state index contributed by atoms with van der Waals surface area (Å²) in [6.07, 6.45) is 1.71. The molecule has 4 nitrogen and oxygen atoms in total. The number of carbonyl (C=O) groups is 1. The first-order valence-corrected chi connectivity index (χ1v) is 6.33. The van der Waals surface area contributed by atoms with Crippen LogP contribution in [0.25, 0.3) is 0 Å². The second-order valence-corrected chi connectivity index (χ2v) is 4.21. The quantitative estimate of drug-likeness (QED) is 0.796. The van der Waals surface area contributed by atoms with E-state index in [0.29, 0.717) is 13.1 Å². The summed E-state index contributed by atoms with van der Waals surface area (Å²) < 4.78 is 5.57. The zero-order valence-electron chi connectivity index (χ0n) is 11.2. The summed E-state index contributed by atoms with van der Waals surface area (Å²) in [7, 11) is 1.77. The van der Waals surface area contributed by atoms with Gasteiger partial charge in [-0.25, -0.2) is 0 Å². The number of hydrogen-bond acceptors (Lipinski definition) is 3. The van der Waals surface area contributed by atoms with E-state index in [0.717, 1.165) is 24.2 Å². The highest BCUT2D eigenvalue weighted by atomic mass is 16.5. The average molecular weight is 250 g/mol. The maximum atomic E-state index is 11.8. The number of hydrogen-bond donors (Lipinski definition) is 1. The minimum Gasteiger partial charge on any atom is -0.483 e. The molecule has 2 N–H and O–H groups in total. The first-order valence-electron chi connectivity index (χ1n) is 6.33. The molecule has 0 saturated heterocycles. The van der Waals surface area contributed by atoms with Crippen molar-refractivity contribution >= 4 is 5.91 Å². The monoisotopic (exact) mass is 250 g/mol. The van der Waals surface area contributed by atoms with Crippen molar-refractivity contribution in [3.63, 3.8) is 0 Å². The van der Waals surface area contributed by atoms with E-state index in [1.165, 1.54) is 0 Å². The summed E-state index contributed by atoms with van der Waals surface area (Å²) in [6, 6.07) is 7.79. The Hall–Kier alpha value is -1.55. The molecule has 18 heavy (non-hydrogen) atoms. The van der Waals surface area contributed by atoms with Crippen LogP contribution in [-0.4, -0.2) is 37.6 Å². The lowest BCUT2D eigenvalue weighted by Crippen LogP contribution is -2.33. The Morgan fingerprint density at radius 1 is 1.39 bits per heavy atom. The number of likely N-dealkylation sites (N-methyl/N-ethyl adjacent to an activating group) is 1. The van der Waals surface area contributed by atoms with Gasteiger partial charge in [0, 0.05) is 13.6 Å². The maximum Gasteiger partial charge on any atom is 0.260 e. The number of carbonyl (C=O) groups excluding carboxylic acids is 1. The van der Waals surface area contributed by atoms with Crippen LogP contribution in [0.2, 0.25) is 0 Å². The van der Waals surface area contributed by atoms with E-state index in [1.54, 1.807) is 11.9 Å². The summed E-state index contributed by atoms with van der Waals surface area (Å²) in [5.41, 5.74) is 6.53. The molecule has 1 aromatic rings. The van der Waals surface area contributed by atoms with Crippen LogP contribution in [0.4, 0.5) is 0 Å². The largest absolute Gasteiger partial charge is 0.483 e. The van der Waals surface area contributed by atoms with Gasteiger partial charge < -0.3 is 15.4 Å². The molecule has 0 heterocycles. The van der Waals surface area contributed by atoms with E-state index in [9.17, 15) is 4.79 Å². The molecule has 0 fully saturated rings. The Labute approximate surface area is 109 Å². The van der Waals surface area contributed by atoms with Gasteiger partial charge in [0.05, 0.1) is 0 Å². The number of nitrogens with two attached hydrogens (primary N) is 1. The van der Waals surface area contributed by atoms with Crippen LogP contribution < -0.4 is 10.5 Å². The highest BCUT2D eigenvalue weighted by molar-refractivity contribution is 5.77. The lowest BCUT2D eigenvalue weighted by atomic mass is 10.1. The Bertz CT molecular complexity index is 380. The second kappa shape index (κ2) is 7.71. The lowest BCUT2D eigenvalue weighted by molar-refractivity contribution is -0.132. The zero-order valence-corrected chi connectivity index (χ0v) is 11.2. The van der Waals surface area contributed by atoms with Crippen molar-refractivity contribution in [2.45, 2.75) is 19.8 Å². The maximum absolute atomic E-state index is 11.8. The summed E-state index contributed by atoms with van der Waals surface area (Å²) in [5.74, 6) is 0.773. The molecule has 1 aromatic carbocycles. The Morgan fingerprint density at radius 3 is 2.78 bits per heavy atom. The summed E-state index contributed by atoms with van der Waals surface area (Å²) in [4.78, 5) is 13.4. The van der Waals surface area contributed by atoms with Gasteiger partial charge in [0.15, 0.2) is 6.61 Å². The van der Waals surface area contributed by atoms with Crippen LogP contribution in [0, 0.1) is 0 Å². The number of amides is 1. The van der Waals surface area contributed by atoms with E-state index in [4.69, 9.17) is 10.5 Å². The standard InChI is InChI=1S/C14H22N2O2/c1-3-12-7-4-5-8-13(12)18-11-14(17)16(2)10-6-9-15/h4-5,7-8H,3,6,9-11,15H2,1-2H3. The normalized spacial score (nSPS) is 10.2. The average Bonchev–Trinajstić information content (AvgIpc) is 2.42. The first-order chi connectivity index (χ1) is 8.69. The van der Waals surface area contributed by atoms with Gasteiger partial charge in [-0.05, 0) is 31.0 Å². The van der Waals surface area contributed by atoms with Crippen LogP contribution in [0.1, 0.15) is 18.9 Å². The molecule has 0 unspecified atom stereocenters. The van der Waals surface area contributed by atoms with Gasteiger partial charge >= 0.3 is 0 Å². The Kier molecular flexibility index (Phi) is 6.22. The third-order valence-corrected chi connectivity index (χ3v) is 2.83. The molecule has 0 saturated carbocycles. The summed E-state index contributed by atoms with van der Waals surface area (Å²) >= 11 is 0. The molecule has 100 valence electrons. The van der Waals surface area contributed by atoms with Crippen molar-refractivity contribution in [1.29, 1.82) is 0 Å². The van der Waals surface area contributed by atoms with Crippen LogP contribution in [-0.2, 0) is 11.2 Å². The fourth-order valence-corrected chi connectivity index (χ4v) is 1.64. The van der Waals surface area contributed by atoms with E-state index >= 15 is 0 Å². The van der Waals surface area contributed by atoms with Gasteiger partial charge in [0.2, 0.25) is 0 Å². The van der Waals surface area contributed by atoms with Crippen molar-refractivity contribution in [1.82, 2.24) is 4.90 Å². The fraction of sp³-hybridized carbons (Fsp3) is 0.500. The number of para-hydroxylation sites is 1. The predicted molar refractivity (Wildman–Crippen MR) is 72.6 cm³/mol. The number of ether oxygens (including phenoxy) is 1. The molecule has 1 amide bonds. The summed E-state index contributed by atoms with van der Waals surface area (Å²) in [6.45, 7) is 3.42. The van der Waals surface area contributed by atoms with E-state index in [1.807, 2.05) is 24.3 Å². The second-order valence-electron chi connectivity index (χ2n) is 4.21. The molecule has 0 bridgehead atoms. The molecule has 0 spiro atoms. The van der Waals surface area contributed by atoms with Crippen molar-refractivity contribution in [2.75, 3.05) is 26.7 Å². The molecule has 4 heteroatoms. The smallest absolute Gasteiger partial charge is 0.260 e. The number of nitrogens with zero attached hydrogens (tertiary/aromatic N) is 1. The topological polar surface area (TPSA) is 55.6 Å². The highest BCUT2D eigenvalue weighted by Crippen LogP contribution is 2.18. The molecule has 0 aliphatic carbocycles. The minimum absolute atomic E-state index is 0.0191. The molecule has 0 aliphatic rings. The van der Waals surface area contributed by atoms with E-state index in [-0.39, 0.29) is 12.5 Å². The summed E-state index contributed by atoms with van der Waals surface area (Å²) in [5, 5.41) is 0. The van der Waals surface area contributed by atoms with Crippen molar-refractivity contribution in [3.8, 4) is 5.75 Å². The van der Waals surface area contributed by atoms with Crippen LogP contribution >= 0.6 is 0 Å². The number of rotatable bonds is 7. The Balaban J connectivity index is 2.46.